The van der Waals surface area contributed by atoms with Crippen LogP contribution in [0, 0.1) is 5.82 Å². The van der Waals surface area contributed by atoms with Gasteiger partial charge in [0.2, 0.25) is 0 Å². The van der Waals surface area contributed by atoms with E-state index < -0.39 is 0 Å². The van der Waals surface area contributed by atoms with Crippen molar-refractivity contribution in [1.82, 2.24) is 4.57 Å². The third kappa shape index (κ3) is 3.00. The summed E-state index contributed by atoms with van der Waals surface area (Å²) in [5, 5.41) is 1.81. The third-order valence-corrected chi connectivity index (χ3v) is 3.72. The molecule has 1 aromatic carbocycles. The van der Waals surface area contributed by atoms with Gasteiger partial charge < -0.3 is 8.98 Å². The predicted molar refractivity (Wildman–Crippen MR) is 76.4 cm³/mol. The summed E-state index contributed by atoms with van der Waals surface area (Å²) in [7, 11) is 0. The first-order valence-electron chi connectivity index (χ1n) is 6.22. The number of hydrogen-bond donors (Lipinski definition) is 0. The van der Waals surface area contributed by atoms with E-state index in [1.54, 1.807) is 35.0 Å². The van der Waals surface area contributed by atoms with Crippen molar-refractivity contribution in [2.24, 2.45) is 4.99 Å². The topological polar surface area (TPSA) is 47.5 Å². The van der Waals surface area contributed by atoms with Crippen LogP contribution in [0.15, 0.2) is 63.8 Å². The van der Waals surface area contributed by atoms with Gasteiger partial charge in [0.05, 0.1) is 18.4 Å². The fraction of sp³-hybridized carbons (Fsp3) is 0.0667. The lowest BCUT2D eigenvalue weighted by atomic mass is 10.2. The first-order valence-corrected chi connectivity index (χ1v) is 7.10. The van der Waals surface area contributed by atoms with Gasteiger partial charge in [0.25, 0.3) is 5.91 Å². The van der Waals surface area contributed by atoms with Crippen LogP contribution in [0.1, 0.15) is 15.9 Å². The van der Waals surface area contributed by atoms with E-state index in [9.17, 15) is 9.18 Å². The van der Waals surface area contributed by atoms with Crippen molar-refractivity contribution in [2.75, 3.05) is 0 Å². The maximum absolute atomic E-state index is 13.7. The van der Waals surface area contributed by atoms with Crippen LogP contribution in [0.5, 0.6) is 0 Å². The molecule has 6 heteroatoms. The summed E-state index contributed by atoms with van der Waals surface area (Å²) >= 11 is 1.32. The lowest BCUT2D eigenvalue weighted by molar-refractivity contribution is 0.0997. The molecule has 0 spiro atoms. The van der Waals surface area contributed by atoms with Gasteiger partial charge in [-0.2, -0.15) is 4.99 Å². The molecule has 3 rings (SSSR count). The summed E-state index contributed by atoms with van der Waals surface area (Å²) in [5.41, 5.74) is 0.939. The number of aromatic nitrogens is 1. The predicted octanol–water partition coefficient (Wildman–Crippen LogP) is 3.07. The molecule has 0 aliphatic carbocycles. The van der Waals surface area contributed by atoms with Crippen LogP contribution in [0.4, 0.5) is 4.39 Å². The highest BCUT2D eigenvalue weighted by Gasteiger charge is 2.07. The van der Waals surface area contributed by atoms with Gasteiger partial charge in [0, 0.05) is 17.1 Å². The zero-order valence-electron chi connectivity index (χ0n) is 10.9. The van der Waals surface area contributed by atoms with Crippen molar-refractivity contribution in [3.05, 3.63) is 76.2 Å². The highest BCUT2D eigenvalue weighted by Crippen LogP contribution is 2.08. The molecule has 3 aromatic rings. The molecule has 0 saturated carbocycles. The maximum Gasteiger partial charge on any atom is 0.282 e. The molecule has 0 saturated heterocycles. The molecular formula is C15H11FN2O2S. The molecule has 0 atom stereocenters. The zero-order chi connectivity index (χ0) is 14.7. The highest BCUT2D eigenvalue weighted by atomic mass is 32.1. The number of carbonyl (C=O) groups is 1. The molecule has 1 amide bonds. The van der Waals surface area contributed by atoms with E-state index in [-0.39, 0.29) is 11.7 Å². The Morgan fingerprint density at radius 2 is 2.19 bits per heavy atom. The standard InChI is InChI=1S/C15H11FN2O2S/c16-13-4-2-1-3-11(13)9-18-6-8-21-15(18)17-14(19)12-5-7-20-10-12/h1-8,10H,9H2. The van der Waals surface area contributed by atoms with E-state index in [0.29, 0.717) is 22.5 Å². The van der Waals surface area contributed by atoms with Crippen LogP contribution in [-0.4, -0.2) is 10.5 Å². The Hall–Kier alpha value is -2.47. The number of nitrogens with zero attached hydrogens (tertiary/aromatic N) is 2. The Labute approximate surface area is 123 Å². The van der Waals surface area contributed by atoms with Crippen LogP contribution >= 0.6 is 11.3 Å². The van der Waals surface area contributed by atoms with Crippen LogP contribution in [0.25, 0.3) is 0 Å². The van der Waals surface area contributed by atoms with Crippen molar-refractivity contribution >= 4 is 17.2 Å². The van der Waals surface area contributed by atoms with Gasteiger partial charge in [-0.05, 0) is 12.1 Å². The molecule has 21 heavy (non-hydrogen) atoms. The number of furan rings is 1. The molecule has 0 radical (unpaired) electrons. The van der Waals surface area contributed by atoms with Gasteiger partial charge in [-0.3, -0.25) is 4.79 Å². The normalized spacial score (nSPS) is 11.8. The first-order chi connectivity index (χ1) is 10.2. The van der Waals surface area contributed by atoms with E-state index in [4.69, 9.17) is 4.42 Å². The average Bonchev–Trinajstić information content (AvgIpc) is 3.13. The number of thiazole rings is 1. The average molecular weight is 302 g/mol. The van der Waals surface area contributed by atoms with E-state index in [2.05, 4.69) is 4.99 Å². The monoisotopic (exact) mass is 302 g/mol. The molecule has 0 bridgehead atoms. The maximum atomic E-state index is 13.7. The summed E-state index contributed by atoms with van der Waals surface area (Å²) in [6.45, 7) is 0.327. The molecular weight excluding hydrogens is 291 g/mol. The molecule has 0 unspecified atom stereocenters. The van der Waals surface area contributed by atoms with Gasteiger partial charge in [-0.25, -0.2) is 4.39 Å². The van der Waals surface area contributed by atoms with Crippen LogP contribution in [-0.2, 0) is 6.54 Å². The molecule has 106 valence electrons. The molecule has 0 N–H and O–H groups in total. The molecule has 0 fully saturated rings. The van der Waals surface area contributed by atoms with E-state index in [0.717, 1.165) is 0 Å². The molecule has 0 aliphatic rings. The van der Waals surface area contributed by atoms with Gasteiger partial charge in [-0.1, -0.05) is 18.2 Å². The number of amides is 1. The van der Waals surface area contributed by atoms with Crippen LogP contribution in [0.3, 0.4) is 0 Å². The number of carbonyl (C=O) groups excluding carboxylic acids is 1. The van der Waals surface area contributed by atoms with E-state index in [1.165, 1.54) is 29.9 Å². The third-order valence-electron chi connectivity index (χ3n) is 2.92. The lowest BCUT2D eigenvalue weighted by Gasteiger charge is -2.04. The van der Waals surface area contributed by atoms with Crippen molar-refractivity contribution in [3.63, 3.8) is 0 Å². The van der Waals surface area contributed by atoms with Crippen LogP contribution in [0.2, 0.25) is 0 Å². The minimum Gasteiger partial charge on any atom is -0.472 e. The highest BCUT2D eigenvalue weighted by molar-refractivity contribution is 7.07. The van der Waals surface area contributed by atoms with Crippen molar-refractivity contribution < 1.29 is 13.6 Å². The zero-order valence-corrected chi connectivity index (χ0v) is 11.7. The fourth-order valence-corrected chi connectivity index (χ4v) is 2.58. The van der Waals surface area contributed by atoms with Gasteiger partial charge >= 0.3 is 0 Å². The Balaban J connectivity index is 1.91. The second-order valence-electron chi connectivity index (χ2n) is 4.33. The Morgan fingerprint density at radius 1 is 1.33 bits per heavy atom. The number of benzene rings is 1. The summed E-state index contributed by atoms with van der Waals surface area (Å²) in [6.07, 6.45) is 4.55. The minimum atomic E-state index is -0.381. The van der Waals surface area contributed by atoms with Gasteiger partial charge in [0.1, 0.15) is 12.1 Å². The van der Waals surface area contributed by atoms with Gasteiger partial charge in [-0.15, -0.1) is 11.3 Å². The SMILES string of the molecule is O=C(N=c1sccn1Cc1ccccc1F)c1ccoc1. The number of hydrogen-bond acceptors (Lipinski definition) is 3. The summed E-state index contributed by atoms with van der Waals surface area (Å²) in [4.78, 5) is 16.5. The van der Waals surface area contributed by atoms with Crippen molar-refractivity contribution in [1.29, 1.82) is 0 Å². The van der Waals surface area contributed by atoms with Crippen molar-refractivity contribution in [3.8, 4) is 0 Å². The van der Waals surface area contributed by atoms with E-state index >= 15 is 0 Å². The molecule has 4 nitrogen and oxygen atoms in total. The summed E-state index contributed by atoms with van der Waals surface area (Å²) < 4.78 is 20.3. The van der Waals surface area contributed by atoms with Gasteiger partial charge in [0.15, 0.2) is 4.80 Å². The summed E-state index contributed by atoms with van der Waals surface area (Å²) in [5.74, 6) is -0.656. The Morgan fingerprint density at radius 3 is 2.95 bits per heavy atom. The molecule has 0 aliphatic heterocycles. The summed E-state index contributed by atoms with van der Waals surface area (Å²) in [6, 6.07) is 8.10. The smallest absolute Gasteiger partial charge is 0.282 e. The van der Waals surface area contributed by atoms with E-state index in [1.807, 2.05) is 5.38 Å². The first kappa shape index (κ1) is 13.5. The number of rotatable bonds is 3. The fourth-order valence-electron chi connectivity index (χ4n) is 1.85. The second kappa shape index (κ2) is 5.88. The Kier molecular flexibility index (Phi) is 3.79. The largest absolute Gasteiger partial charge is 0.472 e. The van der Waals surface area contributed by atoms with Crippen molar-refractivity contribution in [2.45, 2.75) is 6.54 Å². The lowest BCUT2D eigenvalue weighted by Crippen LogP contribution is -2.17. The number of halogens is 1. The van der Waals surface area contributed by atoms with Crippen LogP contribution < -0.4 is 4.80 Å². The molecule has 2 heterocycles. The minimum absolute atomic E-state index is 0.275. The second-order valence-corrected chi connectivity index (χ2v) is 5.21. The Bertz CT molecular complexity index is 818. The molecule has 2 aromatic heterocycles. The quantitative estimate of drug-likeness (QED) is 0.746.